The molecule has 0 aromatic carbocycles. The van der Waals surface area contributed by atoms with Crippen molar-refractivity contribution >= 4 is 21.4 Å². The molecule has 0 atom stereocenters. The maximum absolute atomic E-state index is 11.8. The van der Waals surface area contributed by atoms with Gasteiger partial charge in [-0.2, -0.15) is 5.26 Å². The van der Waals surface area contributed by atoms with E-state index in [1.807, 2.05) is 6.07 Å². The molecule has 0 amide bonds. The van der Waals surface area contributed by atoms with Crippen LogP contribution < -0.4 is 4.72 Å². The molecule has 0 aliphatic heterocycles. The van der Waals surface area contributed by atoms with Gasteiger partial charge in [0.1, 0.15) is 15.2 Å². The van der Waals surface area contributed by atoms with E-state index < -0.39 is 10.0 Å². The first kappa shape index (κ1) is 14.2. The summed E-state index contributed by atoms with van der Waals surface area (Å²) in [4.78, 5) is 0.404. The molecule has 1 aromatic rings. The monoisotopic (exact) mass is 272 g/mol. The molecule has 0 saturated carbocycles. The Morgan fingerprint density at radius 3 is 2.53 bits per heavy atom. The van der Waals surface area contributed by atoms with E-state index in [1.165, 1.54) is 12.1 Å². The highest BCUT2D eigenvalue weighted by Crippen LogP contribution is 2.21. The van der Waals surface area contributed by atoms with Crippen LogP contribution in [0.2, 0.25) is 0 Å². The minimum Gasteiger partial charge on any atom is -0.210 e. The molecular formula is C11H16N2O2S2. The first-order chi connectivity index (χ1) is 7.74. The van der Waals surface area contributed by atoms with Gasteiger partial charge in [-0.25, -0.2) is 13.1 Å². The highest BCUT2D eigenvalue weighted by Gasteiger charge is 2.18. The Morgan fingerprint density at radius 1 is 1.41 bits per heavy atom. The van der Waals surface area contributed by atoms with Crippen LogP contribution in [0.3, 0.4) is 0 Å². The molecule has 0 fully saturated rings. The fraction of sp³-hybridized carbons (Fsp3) is 0.545. The minimum absolute atomic E-state index is 0.0930. The first-order valence-corrected chi connectivity index (χ1v) is 7.54. The van der Waals surface area contributed by atoms with Gasteiger partial charge in [0.25, 0.3) is 0 Å². The highest BCUT2D eigenvalue weighted by molar-refractivity contribution is 7.91. The summed E-state index contributed by atoms with van der Waals surface area (Å²) >= 11 is 0.986. The Labute approximate surface area is 106 Å². The standard InChI is InChI=1S/C11H16N2O2S2/c1-11(2,3)6-7-13-17(14,15)10-5-4-9(8-12)16-10/h4-5,13H,6-7H2,1-3H3. The van der Waals surface area contributed by atoms with Crippen molar-refractivity contribution in [1.82, 2.24) is 4.72 Å². The lowest BCUT2D eigenvalue weighted by molar-refractivity contribution is 0.378. The molecule has 0 aliphatic rings. The van der Waals surface area contributed by atoms with Gasteiger partial charge < -0.3 is 0 Å². The molecule has 0 unspecified atom stereocenters. The second-order valence-electron chi connectivity index (χ2n) is 4.94. The van der Waals surface area contributed by atoms with E-state index in [9.17, 15) is 8.42 Å². The fourth-order valence-electron chi connectivity index (χ4n) is 1.16. The Bertz CT molecular complexity index is 518. The van der Waals surface area contributed by atoms with Crippen LogP contribution in [0.1, 0.15) is 32.1 Å². The molecule has 6 heteroatoms. The normalized spacial score (nSPS) is 12.4. The van der Waals surface area contributed by atoms with Crippen LogP contribution in [-0.4, -0.2) is 15.0 Å². The van der Waals surface area contributed by atoms with E-state index in [0.29, 0.717) is 11.4 Å². The Hall–Kier alpha value is -0.900. The van der Waals surface area contributed by atoms with E-state index >= 15 is 0 Å². The van der Waals surface area contributed by atoms with Gasteiger partial charge in [-0.05, 0) is 24.0 Å². The quantitative estimate of drug-likeness (QED) is 0.914. The molecule has 4 nitrogen and oxygen atoms in total. The van der Waals surface area contributed by atoms with E-state index in [4.69, 9.17) is 5.26 Å². The number of nitriles is 1. The second-order valence-corrected chi connectivity index (χ2v) is 8.02. The number of hydrogen-bond donors (Lipinski definition) is 1. The maximum atomic E-state index is 11.8. The molecule has 1 heterocycles. The lowest BCUT2D eigenvalue weighted by atomic mass is 9.93. The summed E-state index contributed by atoms with van der Waals surface area (Å²) in [6.07, 6.45) is 0.767. The average Bonchev–Trinajstić information content (AvgIpc) is 2.63. The van der Waals surface area contributed by atoms with Crippen molar-refractivity contribution in [2.45, 2.75) is 31.4 Å². The van der Waals surface area contributed by atoms with Crippen LogP contribution in [0.4, 0.5) is 0 Å². The van der Waals surface area contributed by atoms with Gasteiger partial charge in [0, 0.05) is 6.54 Å². The summed E-state index contributed by atoms with van der Waals surface area (Å²) in [6.45, 7) is 6.58. The third-order valence-electron chi connectivity index (χ3n) is 2.12. The highest BCUT2D eigenvalue weighted by atomic mass is 32.2. The van der Waals surface area contributed by atoms with Gasteiger partial charge in [-0.15, -0.1) is 11.3 Å². The number of sulfonamides is 1. The van der Waals surface area contributed by atoms with Crippen molar-refractivity contribution in [1.29, 1.82) is 5.26 Å². The van der Waals surface area contributed by atoms with Crippen LogP contribution >= 0.6 is 11.3 Å². The van der Waals surface area contributed by atoms with E-state index in [2.05, 4.69) is 25.5 Å². The molecular weight excluding hydrogens is 256 g/mol. The fourth-order valence-corrected chi connectivity index (χ4v) is 3.34. The largest absolute Gasteiger partial charge is 0.250 e. The predicted molar refractivity (Wildman–Crippen MR) is 68.3 cm³/mol. The summed E-state index contributed by atoms with van der Waals surface area (Å²) in [5.74, 6) is 0. The summed E-state index contributed by atoms with van der Waals surface area (Å²) in [6, 6.07) is 4.90. The first-order valence-electron chi connectivity index (χ1n) is 5.24. The van der Waals surface area contributed by atoms with Crippen molar-refractivity contribution in [3.05, 3.63) is 17.0 Å². The third-order valence-corrected chi connectivity index (χ3v) is 5.07. The molecule has 94 valence electrons. The van der Waals surface area contributed by atoms with E-state index in [-0.39, 0.29) is 9.62 Å². The smallest absolute Gasteiger partial charge is 0.210 e. The molecule has 0 radical (unpaired) electrons. The van der Waals surface area contributed by atoms with Crippen molar-refractivity contribution < 1.29 is 8.42 Å². The number of rotatable bonds is 4. The van der Waals surface area contributed by atoms with Crippen molar-refractivity contribution in [3.63, 3.8) is 0 Å². The van der Waals surface area contributed by atoms with Crippen LogP contribution in [0.5, 0.6) is 0 Å². The topological polar surface area (TPSA) is 70.0 Å². The van der Waals surface area contributed by atoms with Crippen LogP contribution in [-0.2, 0) is 10.0 Å². The summed E-state index contributed by atoms with van der Waals surface area (Å²) in [5.41, 5.74) is 0.0930. The third kappa shape index (κ3) is 4.46. The minimum atomic E-state index is -3.45. The Kier molecular flexibility index (Phi) is 4.31. The molecule has 17 heavy (non-hydrogen) atoms. The number of thiophene rings is 1. The van der Waals surface area contributed by atoms with Crippen molar-refractivity contribution in [3.8, 4) is 6.07 Å². The molecule has 0 saturated heterocycles. The number of hydrogen-bond acceptors (Lipinski definition) is 4. The Balaban J connectivity index is 2.67. The van der Waals surface area contributed by atoms with Gasteiger partial charge in [0.15, 0.2) is 0 Å². The van der Waals surface area contributed by atoms with Crippen LogP contribution in [0.25, 0.3) is 0 Å². The zero-order valence-electron chi connectivity index (χ0n) is 10.1. The lowest BCUT2D eigenvalue weighted by Gasteiger charge is -2.17. The molecule has 1 N–H and O–H groups in total. The van der Waals surface area contributed by atoms with Gasteiger partial charge in [0.2, 0.25) is 10.0 Å². The predicted octanol–water partition coefficient (Wildman–Crippen LogP) is 2.33. The summed E-state index contributed by atoms with van der Waals surface area (Å²) < 4.78 is 26.4. The summed E-state index contributed by atoms with van der Waals surface area (Å²) in [5, 5.41) is 8.64. The number of nitrogens with one attached hydrogen (secondary N) is 1. The molecule has 0 aliphatic carbocycles. The van der Waals surface area contributed by atoms with E-state index in [0.717, 1.165) is 17.8 Å². The van der Waals surface area contributed by atoms with Crippen LogP contribution in [0, 0.1) is 16.7 Å². The van der Waals surface area contributed by atoms with Crippen molar-refractivity contribution in [2.24, 2.45) is 5.41 Å². The zero-order valence-corrected chi connectivity index (χ0v) is 11.8. The summed E-state index contributed by atoms with van der Waals surface area (Å²) in [7, 11) is -3.45. The second kappa shape index (κ2) is 5.17. The van der Waals surface area contributed by atoms with Gasteiger partial charge >= 0.3 is 0 Å². The van der Waals surface area contributed by atoms with Crippen molar-refractivity contribution in [2.75, 3.05) is 6.54 Å². The lowest BCUT2D eigenvalue weighted by Crippen LogP contribution is -2.26. The molecule has 1 aromatic heterocycles. The van der Waals surface area contributed by atoms with Crippen LogP contribution in [0.15, 0.2) is 16.3 Å². The zero-order chi connectivity index (χ0) is 13.1. The SMILES string of the molecule is CC(C)(C)CCNS(=O)(=O)c1ccc(C#N)s1. The molecule has 0 spiro atoms. The molecule has 1 rings (SSSR count). The van der Waals surface area contributed by atoms with Gasteiger partial charge in [-0.1, -0.05) is 20.8 Å². The average molecular weight is 272 g/mol. The van der Waals surface area contributed by atoms with Gasteiger partial charge in [-0.3, -0.25) is 0 Å². The van der Waals surface area contributed by atoms with E-state index in [1.54, 1.807) is 0 Å². The number of nitrogens with zero attached hydrogens (tertiary/aromatic N) is 1. The molecule has 0 bridgehead atoms. The van der Waals surface area contributed by atoms with Gasteiger partial charge in [0.05, 0.1) is 0 Å². The Morgan fingerprint density at radius 2 is 2.06 bits per heavy atom. The maximum Gasteiger partial charge on any atom is 0.250 e.